The average Bonchev–Trinajstić information content (AvgIpc) is 2.44. The summed E-state index contributed by atoms with van der Waals surface area (Å²) >= 11 is 1.93. The van der Waals surface area contributed by atoms with Gasteiger partial charge in [0, 0.05) is 30.1 Å². The number of hydrogen-bond acceptors (Lipinski definition) is 3. The third-order valence-electron chi connectivity index (χ3n) is 3.85. The predicted molar refractivity (Wildman–Crippen MR) is 81.3 cm³/mol. The minimum Gasteiger partial charge on any atom is -0.312 e. The van der Waals surface area contributed by atoms with Crippen LogP contribution < -0.4 is 5.32 Å². The van der Waals surface area contributed by atoms with E-state index in [9.17, 15) is 8.78 Å². The molecule has 1 aliphatic heterocycles. The highest BCUT2D eigenvalue weighted by Gasteiger charge is 2.28. The number of halogens is 2. The van der Waals surface area contributed by atoms with E-state index in [2.05, 4.69) is 17.3 Å². The topological polar surface area (TPSA) is 15.3 Å². The minimum absolute atomic E-state index is 0.147. The molecule has 2 unspecified atom stereocenters. The van der Waals surface area contributed by atoms with Crippen LogP contribution in [-0.2, 0) is 6.42 Å². The van der Waals surface area contributed by atoms with E-state index in [4.69, 9.17) is 0 Å². The van der Waals surface area contributed by atoms with Crippen LogP contribution in [0.2, 0.25) is 0 Å². The van der Waals surface area contributed by atoms with Gasteiger partial charge in [0.15, 0.2) is 11.6 Å². The highest BCUT2D eigenvalue weighted by atomic mass is 32.2. The van der Waals surface area contributed by atoms with Gasteiger partial charge in [0.25, 0.3) is 0 Å². The Kier molecular flexibility index (Phi) is 5.81. The Hall–Kier alpha value is -0.650. The first-order chi connectivity index (χ1) is 9.63. The average molecular weight is 300 g/mol. The van der Waals surface area contributed by atoms with Gasteiger partial charge >= 0.3 is 0 Å². The molecule has 0 bridgehead atoms. The molecule has 1 N–H and O–H groups in total. The van der Waals surface area contributed by atoms with Gasteiger partial charge in [0.1, 0.15) is 0 Å². The van der Waals surface area contributed by atoms with Crippen LogP contribution in [-0.4, -0.2) is 48.6 Å². The largest absolute Gasteiger partial charge is 0.312 e. The Balaban J connectivity index is 2.14. The van der Waals surface area contributed by atoms with Crippen LogP contribution in [0.15, 0.2) is 18.2 Å². The molecule has 5 heteroatoms. The van der Waals surface area contributed by atoms with Crippen molar-refractivity contribution in [2.75, 3.05) is 31.6 Å². The summed E-state index contributed by atoms with van der Waals surface area (Å²) in [7, 11) is 2.11. The quantitative estimate of drug-likeness (QED) is 0.899. The summed E-state index contributed by atoms with van der Waals surface area (Å²) < 4.78 is 27.2. The second kappa shape index (κ2) is 7.38. The Morgan fingerprint density at radius 1 is 1.45 bits per heavy atom. The fraction of sp³-hybridized carbons (Fsp3) is 0.600. The number of hydrogen-bond donors (Lipinski definition) is 1. The second-order valence-electron chi connectivity index (χ2n) is 5.20. The van der Waals surface area contributed by atoms with E-state index in [0.29, 0.717) is 18.0 Å². The molecule has 1 aromatic rings. The van der Waals surface area contributed by atoms with Crippen LogP contribution in [0.1, 0.15) is 12.5 Å². The molecular formula is C15H22F2N2S. The molecule has 1 aliphatic rings. The summed E-state index contributed by atoms with van der Waals surface area (Å²) in [5.41, 5.74) is 0.458. The van der Waals surface area contributed by atoms with Gasteiger partial charge in [0.05, 0.1) is 0 Å². The molecule has 2 nitrogen and oxygen atoms in total. The van der Waals surface area contributed by atoms with Crippen molar-refractivity contribution in [3.63, 3.8) is 0 Å². The van der Waals surface area contributed by atoms with Gasteiger partial charge in [-0.15, -0.1) is 0 Å². The van der Waals surface area contributed by atoms with Crippen molar-refractivity contribution in [1.82, 2.24) is 10.2 Å². The van der Waals surface area contributed by atoms with E-state index in [1.165, 1.54) is 6.07 Å². The highest BCUT2D eigenvalue weighted by molar-refractivity contribution is 7.99. The second-order valence-corrected chi connectivity index (χ2v) is 6.35. The summed E-state index contributed by atoms with van der Waals surface area (Å²) in [5, 5.41) is 3.43. The van der Waals surface area contributed by atoms with Crippen molar-refractivity contribution in [1.29, 1.82) is 0 Å². The van der Waals surface area contributed by atoms with Crippen LogP contribution in [0.3, 0.4) is 0 Å². The van der Waals surface area contributed by atoms with E-state index in [1.54, 1.807) is 12.1 Å². The molecule has 20 heavy (non-hydrogen) atoms. The maximum absolute atomic E-state index is 13.8. The van der Waals surface area contributed by atoms with E-state index >= 15 is 0 Å². The molecule has 112 valence electrons. The molecule has 1 aromatic carbocycles. The smallest absolute Gasteiger partial charge is 0.162 e. The molecule has 2 rings (SSSR count). The first-order valence-electron chi connectivity index (χ1n) is 7.07. The lowest BCUT2D eigenvalue weighted by atomic mass is 9.98. The lowest BCUT2D eigenvalue weighted by Gasteiger charge is -2.38. The van der Waals surface area contributed by atoms with E-state index in [1.807, 2.05) is 18.7 Å². The van der Waals surface area contributed by atoms with E-state index in [-0.39, 0.29) is 6.04 Å². The fourth-order valence-electron chi connectivity index (χ4n) is 2.68. The van der Waals surface area contributed by atoms with Crippen LogP contribution in [0, 0.1) is 11.6 Å². The number of likely N-dealkylation sites (N-methyl/N-ethyl adjacent to an activating group) is 2. The van der Waals surface area contributed by atoms with Crippen molar-refractivity contribution < 1.29 is 8.78 Å². The molecule has 2 atom stereocenters. The number of thioether (sulfide) groups is 1. The Morgan fingerprint density at radius 3 is 2.95 bits per heavy atom. The van der Waals surface area contributed by atoms with Crippen molar-refractivity contribution in [3.05, 3.63) is 35.4 Å². The van der Waals surface area contributed by atoms with Gasteiger partial charge < -0.3 is 10.2 Å². The van der Waals surface area contributed by atoms with E-state index in [0.717, 1.165) is 24.6 Å². The van der Waals surface area contributed by atoms with Gasteiger partial charge in [0.2, 0.25) is 0 Å². The normalized spacial score (nSPS) is 21.9. The minimum atomic E-state index is -0.760. The Bertz CT molecular complexity index is 442. The lowest BCUT2D eigenvalue weighted by Crippen LogP contribution is -2.53. The van der Waals surface area contributed by atoms with Crippen molar-refractivity contribution in [2.45, 2.75) is 25.4 Å². The van der Waals surface area contributed by atoms with Crippen LogP contribution >= 0.6 is 11.8 Å². The highest BCUT2D eigenvalue weighted by Crippen LogP contribution is 2.21. The van der Waals surface area contributed by atoms with Crippen LogP contribution in [0.5, 0.6) is 0 Å². The molecule has 0 aliphatic carbocycles. The van der Waals surface area contributed by atoms with Crippen LogP contribution in [0.25, 0.3) is 0 Å². The van der Waals surface area contributed by atoms with Gasteiger partial charge in [-0.25, -0.2) is 8.78 Å². The third kappa shape index (κ3) is 3.71. The fourth-order valence-corrected chi connectivity index (χ4v) is 3.99. The summed E-state index contributed by atoms with van der Waals surface area (Å²) in [6, 6.07) is 4.93. The Morgan fingerprint density at radius 2 is 2.25 bits per heavy atom. The molecular weight excluding hydrogens is 278 g/mol. The number of benzene rings is 1. The zero-order valence-electron chi connectivity index (χ0n) is 12.0. The Labute approximate surface area is 123 Å². The molecule has 0 aromatic heterocycles. The van der Waals surface area contributed by atoms with Gasteiger partial charge in [-0.1, -0.05) is 19.1 Å². The number of nitrogens with one attached hydrogen (secondary N) is 1. The van der Waals surface area contributed by atoms with E-state index < -0.39 is 11.6 Å². The van der Waals surface area contributed by atoms with Gasteiger partial charge in [-0.3, -0.25) is 0 Å². The summed E-state index contributed by atoms with van der Waals surface area (Å²) in [4.78, 5) is 2.32. The van der Waals surface area contributed by atoms with Gasteiger partial charge in [-0.2, -0.15) is 11.8 Å². The third-order valence-corrected chi connectivity index (χ3v) is 4.89. The SMILES string of the molecule is CCNC(Cc1cccc(F)c1F)C1CSCCN1C. The molecule has 0 radical (unpaired) electrons. The maximum Gasteiger partial charge on any atom is 0.162 e. The first-order valence-corrected chi connectivity index (χ1v) is 8.23. The van der Waals surface area contributed by atoms with Gasteiger partial charge in [-0.05, 0) is 31.6 Å². The molecule has 1 fully saturated rings. The molecule has 1 heterocycles. The summed E-state index contributed by atoms with van der Waals surface area (Å²) in [6.45, 7) is 3.92. The van der Waals surface area contributed by atoms with Crippen molar-refractivity contribution >= 4 is 11.8 Å². The maximum atomic E-state index is 13.8. The lowest BCUT2D eigenvalue weighted by molar-refractivity contribution is 0.214. The molecule has 0 saturated carbocycles. The standard InChI is InChI=1S/C15H22F2N2S/c1-3-18-13(14-10-20-8-7-19(14)2)9-11-5-4-6-12(16)15(11)17/h4-6,13-14,18H,3,7-10H2,1-2H3. The summed E-state index contributed by atoms with van der Waals surface area (Å²) in [5.74, 6) is 0.705. The molecule has 1 saturated heterocycles. The van der Waals surface area contributed by atoms with Crippen LogP contribution in [0.4, 0.5) is 8.78 Å². The summed E-state index contributed by atoms with van der Waals surface area (Å²) in [6.07, 6.45) is 0.521. The zero-order chi connectivity index (χ0) is 14.5. The van der Waals surface area contributed by atoms with Crippen molar-refractivity contribution in [2.24, 2.45) is 0 Å². The number of nitrogens with zero attached hydrogens (tertiary/aromatic N) is 1. The number of rotatable bonds is 5. The van der Waals surface area contributed by atoms with Crippen molar-refractivity contribution in [3.8, 4) is 0 Å². The zero-order valence-corrected chi connectivity index (χ0v) is 12.9. The first kappa shape index (κ1) is 15.7. The monoisotopic (exact) mass is 300 g/mol. The molecule has 0 spiro atoms. The molecule has 0 amide bonds. The predicted octanol–water partition coefficient (Wildman–Crippen LogP) is 2.53.